The maximum atomic E-state index is 12.6. The number of piperidine rings is 1. The fourth-order valence-corrected chi connectivity index (χ4v) is 3.70. The summed E-state index contributed by atoms with van der Waals surface area (Å²) in [5.74, 6) is -0.0783. The second kappa shape index (κ2) is 9.60. The summed E-state index contributed by atoms with van der Waals surface area (Å²) < 4.78 is 46.8. The Kier molecular flexibility index (Phi) is 6.64. The van der Waals surface area contributed by atoms with Gasteiger partial charge in [-0.05, 0) is 36.1 Å². The monoisotopic (exact) mass is 447 g/mol. The van der Waals surface area contributed by atoms with Gasteiger partial charge in [0.05, 0.1) is 6.61 Å². The summed E-state index contributed by atoms with van der Waals surface area (Å²) >= 11 is 0. The van der Waals surface area contributed by atoms with Crippen LogP contribution in [0.4, 0.5) is 19.2 Å². The van der Waals surface area contributed by atoms with Crippen molar-refractivity contribution < 1.29 is 27.1 Å². The highest BCUT2D eigenvalue weighted by molar-refractivity contribution is 5.79. The second-order valence-electron chi connectivity index (χ2n) is 7.87. The molecule has 2 aromatic carbocycles. The van der Waals surface area contributed by atoms with E-state index in [2.05, 4.69) is 19.9 Å². The Labute approximate surface area is 183 Å². The number of hydrogen-bond acceptors (Lipinski definition) is 5. The fourth-order valence-electron chi connectivity index (χ4n) is 3.70. The van der Waals surface area contributed by atoms with Crippen LogP contribution in [0.25, 0.3) is 11.1 Å². The van der Waals surface area contributed by atoms with Gasteiger partial charge >= 0.3 is 6.18 Å². The molecule has 1 saturated heterocycles. The van der Waals surface area contributed by atoms with Gasteiger partial charge in [0.25, 0.3) is 6.01 Å². The van der Waals surface area contributed by atoms with Crippen molar-refractivity contribution in [1.29, 1.82) is 0 Å². The fraction of sp³-hybridized carbons (Fsp3) is 0.391. The molecule has 0 aliphatic carbocycles. The van der Waals surface area contributed by atoms with Gasteiger partial charge in [0.15, 0.2) is 5.58 Å². The minimum atomic E-state index is -4.33. The molecule has 32 heavy (non-hydrogen) atoms. The van der Waals surface area contributed by atoms with E-state index in [0.29, 0.717) is 44.1 Å². The minimum Gasteiger partial charge on any atom is -0.423 e. The molecule has 6 nitrogen and oxygen atoms in total. The van der Waals surface area contributed by atoms with Gasteiger partial charge in [-0.3, -0.25) is 4.79 Å². The van der Waals surface area contributed by atoms with E-state index in [-0.39, 0.29) is 18.4 Å². The van der Waals surface area contributed by atoms with Crippen LogP contribution >= 0.6 is 0 Å². The Morgan fingerprint density at radius 2 is 1.78 bits per heavy atom. The highest BCUT2D eigenvalue weighted by Crippen LogP contribution is 2.26. The van der Waals surface area contributed by atoms with E-state index in [1.807, 2.05) is 24.3 Å². The number of aromatic nitrogens is 1. The van der Waals surface area contributed by atoms with Gasteiger partial charge < -0.3 is 19.4 Å². The van der Waals surface area contributed by atoms with Crippen LogP contribution in [-0.2, 0) is 22.7 Å². The third-order valence-electron chi connectivity index (χ3n) is 5.44. The maximum Gasteiger partial charge on any atom is 0.411 e. The van der Waals surface area contributed by atoms with Gasteiger partial charge in [0.1, 0.15) is 12.1 Å². The standard InChI is InChI=1S/C23H24F3N3O3/c24-23(25,26)15-31-14-17-7-5-16(6-8-17)13-27-21(30)18-9-11-29(12-10-18)22-28-19-3-1-2-4-20(19)32-22/h1-8,18H,9-15H2,(H,27,30). The van der Waals surface area contributed by atoms with E-state index >= 15 is 0 Å². The second-order valence-corrected chi connectivity index (χ2v) is 7.87. The highest BCUT2D eigenvalue weighted by atomic mass is 19.4. The number of rotatable bonds is 7. The van der Waals surface area contributed by atoms with Crippen LogP contribution in [0.1, 0.15) is 24.0 Å². The summed E-state index contributed by atoms with van der Waals surface area (Å²) in [6.45, 7) is 0.379. The molecule has 170 valence electrons. The number of anilines is 1. The molecule has 0 spiro atoms. The lowest BCUT2D eigenvalue weighted by molar-refractivity contribution is -0.176. The summed E-state index contributed by atoms with van der Waals surface area (Å²) in [5.41, 5.74) is 3.10. The zero-order valence-corrected chi connectivity index (χ0v) is 17.4. The molecule has 9 heteroatoms. The van der Waals surface area contributed by atoms with Crippen LogP contribution in [0.15, 0.2) is 52.9 Å². The number of halogens is 3. The number of fused-ring (bicyclic) bond motifs is 1. The van der Waals surface area contributed by atoms with Gasteiger partial charge in [-0.2, -0.15) is 18.2 Å². The summed E-state index contributed by atoms with van der Waals surface area (Å²) in [7, 11) is 0. The molecule has 4 rings (SSSR count). The van der Waals surface area contributed by atoms with E-state index in [1.165, 1.54) is 0 Å². The first-order chi connectivity index (χ1) is 15.4. The molecule has 1 aliphatic heterocycles. The molecule has 1 fully saturated rings. The topological polar surface area (TPSA) is 67.6 Å². The molecule has 1 N–H and O–H groups in total. The largest absolute Gasteiger partial charge is 0.423 e. The lowest BCUT2D eigenvalue weighted by Gasteiger charge is -2.30. The number of oxazole rings is 1. The van der Waals surface area contributed by atoms with Crippen LogP contribution in [0.5, 0.6) is 0 Å². The molecule has 0 unspecified atom stereocenters. The van der Waals surface area contributed by atoms with Crippen molar-refractivity contribution in [2.75, 3.05) is 24.6 Å². The number of alkyl halides is 3. The molecular formula is C23H24F3N3O3. The van der Waals surface area contributed by atoms with E-state index < -0.39 is 12.8 Å². The maximum absolute atomic E-state index is 12.6. The van der Waals surface area contributed by atoms with E-state index in [9.17, 15) is 18.0 Å². The zero-order valence-electron chi connectivity index (χ0n) is 17.4. The molecule has 2 heterocycles. The Balaban J connectivity index is 1.21. The van der Waals surface area contributed by atoms with Crippen LogP contribution in [0.3, 0.4) is 0 Å². The molecule has 0 atom stereocenters. The summed E-state index contributed by atoms with van der Waals surface area (Å²) in [6.07, 6.45) is -2.91. The molecule has 1 amide bonds. The van der Waals surface area contributed by atoms with Gasteiger partial charge in [-0.1, -0.05) is 36.4 Å². The highest BCUT2D eigenvalue weighted by Gasteiger charge is 2.28. The van der Waals surface area contributed by atoms with Crippen molar-refractivity contribution in [1.82, 2.24) is 10.3 Å². The Hall–Kier alpha value is -3.07. The number of hydrogen-bond donors (Lipinski definition) is 1. The number of ether oxygens (including phenoxy) is 1. The molecular weight excluding hydrogens is 423 g/mol. The normalized spacial score (nSPS) is 15.3. The molecule has 1 aliphatic rings. The minimum absolute atomic E-state index is 0.000183. The van der Waals surface area contributed by atoms with E-state index in [1.54, 1.807) is 24.3 Å². The van der Waals surface area contributed by atoms with Crippen LogP contribution in [0, 0.1) is 5.92 Å². The third-order valence-corrected chi connectivity index (χ3v) is 5.44. The molecule has 0 radical (unpaired) electrons. The lowest BCUT2D eigenvalue weighted by atomic mass is 9.96. The predicted molar refractivity (Wildman–Crippen MR) is 113 cm³/mol. The van der Waals surface area contributed by atoms with Crippen molar-refractivity contribution in [3.8, 4) is 0 Å². The Morgan fingerprint density at radius 1 is 1.09 bits per heavy atom. The number of nitrogens with one attached hydrogen (secondary N) is 1. The Bertz CT molecular complexity index is 1010. The lowest BCUT2D eigenvalue weighted by Crippen LogP contribution is -2.40. The van der Waals surface area contributed by atoms with Gasteiger partial charge in [0.2, 0.25) is 5.91 Å². The van der Waals surface area contributed by atoms with Gasteiger partial charge in [-0.15, -0.1) is 0 Å². The Morgan fingerprint density at radius 3 is 2.47 bits per heavy atom. The summed E-state index contributed by atoms with van der Waals surface area (Å²) in [5, 5.41) is 2.95. The third kappa shape index (κ3) is 5.79. The molecule has 1 aromatic heterocycles. The molecule has 0 bridgehead atoms. The number of carbonyl (C=O) groups excluding carboxylic acids is 1. The number of para-hydroxylation sites is 2. The summed E-state index contributed by atoms with van der Waals surface area (Å²) in [4.78, 5) is 19.1. The van der Waals surface area contributed by atoms with E-state index in [4.69, 9.17) is 4.42 Å². The van der Waals surface area contributed by atoms with Crippen LogP contribution in [-0.4, -0.2) is 36.8 Å². The smallest absolute Gasteiger partial charge is 0.411 e. The molecule has 0 saturated carbocycles. The van der Waals surface area contributed by atoms with Crippen molar-refractivity contribution in [2.24, 2.45) is 5.92 Å². The quantitative estimate of drug-likeness (QED) is 0.580. The van der Waals surface area contributed by atoms with Crippen molar-refractivity contribution in [3.05, 3.63) is 59.7 Å². The van der Waals surface area contributed by atoms with Gasteiger partial charge in [-0.25, -0.2) is 0 Å². The first-order valence-corrected chi connectivity index (χ1v) is 10.5. The van der Waals surface area contributed by atoms with Crippen molar-refractivity contribution in [3.63, 3.8) is 0 Å². The number of benzene rings is 2. The van der Waals surface area contributed by atoms with Crippen LogP contribution < -0.4 is 10.2 Å². The number of amides is 1. The first kappa shape index (κ1) is 22.1. The van der Waals surface area contributed by atoms with Crippen LogP contribution in [0.2, 0.25) is 0 Å². The zero-order chi connectivity index (χ0) is 22.6. The van der Waals surface area contributed by atoms with E-state index in [0.717, 1.165) is 16.7 Å². The SMILES string of the molecule is O=C(NCc1ccc(COCC(F)(F)F)cc1)C1CCN(c2nc3ccccc3o2)CC1. The average molecular weight is 447 g/mol. The molecule has 3 aromatic rings. The predicted octanol–water partition coefficient (Wildman–Crippen LogP) is 4.44. The number of nitrogens with zero attached hydrogens (tertiary/aromatic N) is 2. The summed E-state index contributed by atoms with van der Waals surface area (Å²) in [6, 6.07) is 15.2. The first-order valence-electron chi connectivity index (χ1n) is 10.5. The number of carbonyl (C=O) groups is 1. The van der Waals surface area contributed by atoms with Crippen molar-refractivity contribution >= 4 is 23.0 Å². The average Bonchev–Trinajstić information content (AvgIpc) is 3.22. The van der Waals surface area contributed by atoms with Crippen molar-refractivity contribution in [2.45, 2.75) is 32.2 Å². The van der Waals surface area contributed by atoms with Gasteiger partial charge in [0, 0.05) is 25.6 Å².